The molecule has 0 fully saturated rings. The van der Waals surface area contributed by atoms with Gasteiger partial charge in [-0.05, 0) is 11.6 Å². The molecule has 1 aliphatic heterocycles. The van der Waals surface area contributed by atoms with Gasteiger partial charge in [-0.25, -0.2) is 13.2 Å². The van der Waals surface area contributed by atoms with Gasteiger partial charge < -0.3 is 9.88 Å². The number of nitrogens with one attached hydrogen (secondary N) is 1. The first-order chi connectivity index (χ1) is 11.3. The molecule has 128 valence electrons. The van der Waals surface area contributed by atoms with Crippen LogP contribution in [0.25, 0.3) is 0 Å². The van der Waals surface area contributed by atoms with E-state index in [1.54, 1.807) is 12.1 Å². The number of fused-ring (bicyclic) bond motifs is 1. The van der Waals surface area contributed by atoms with Gasteiger partial charge >= 0.3 is 5.69 Å². The van der Waals surface area contributed by atoms with Crippen LogP contribution in [-0.4, -0.2) is 30.6 Å². The first-order valence-corrected chi connectivity index (χ1v) is 8.86. The number of nitrogens with zero attached hydrogens (tertiary/aromatic N) is 3. The van der Waals surface area contributed by atoms with E-state index < -0.39 is 26.2 Å². The van der Waals surface area contributed by atoms with Gasteiger partial charge in [0, 0.05) is 39.9 Å². The molecule has 24 heavy (non-hydrogen) atoms. The van der Waals surface area contributed by atoms with Crippen LogP contribution in [0.5, 0.6) is 0 Å². The van der Waals surface area contributed by atoms with E-state index in [1.807, 2.05) is 12.1 Å². The Morgan fingerprint density at radius 2 is 1.83 bits per heavy atom. The summed E-state index contributed by atoms with van der Waals surface area (Å²) in [6.45, 7) is 1.21. The fourth-order valence-electron chi connectivity index (χ4n) is 2.75. The average molecular weight is 350 g/mol. The molecule has 0 aliphatic carbocycles. The van der Waals surface area contributed by atoms with Crippen molar-refractivity contribution >= 4 is 15.7 Å². The Balaban J connectivity index is 2.23. The van der Waals surface area contributed by atoms with Gasteiger partial charge in [-0.1, -0.05) is 18.2 Å². The van der Waals surface area contributed by atoms with Crippen LogP contribution in [0.4, 0.5) is 5.69 Å². The molecule has 0 amide bonds. The van der Waals surface area contributed by atoms with E-state index in [0.717, 1.165) is 20.9 Å². The molecule has 3 rings (SSSR count). The molecule has 9 heteroatoms. The summed E-state index contributed by atoms with van der Waals surface area (Å²) in [7, 11) is -1.41. The third kappa shape index (κ3) is 2.55. The number of hydrogen-bond acceptors (Lipinski definition) is 5. The number of benzene rings is 1. The highest BCUT2D eigenvalue weighted by atomic mass is 32.2. The van der Waals surface area contributed by atoms with E-state index in [1.165, 1.54) is 18.4 Å². The van der Waals surface area contributed by atoms with Crippen molar-refractivity contribution in [2.45, 2.75) is 11.4 Å². The molecule has 2 aromatic rings. The zero-order valence-electron chi connectivity index (χ0n) is 13.4. The molecule has 1 aromatic heterocycles. The number of hydrogen-bond donors (Lipinski definition) is 1. The Morgan fingerprint density at radius 1 is 1.12 bits per heavy atom. The van der Waals surface area contributed by atoms with Crippen LogP contribution in [-0.2, 0) is 30.7 Å². The molecular formula is C15H18N4O4S. The number of rotatable bonds is 2. The van der Waals surface area contributed by atoms with Gasteiger partial charge in [0.15, 0.2) is 4.90 Å². The molecule has 2 heterocycles. The fourth-order valence-corrected chi connectivity index (χ4v) is 4.40. The topological polar surface area (TPSA) is 93.4 Å². The molecular weight excluding hydrogens is 332 g/mol. The Kier molecular flexibility index (Phi) is 4.06. The molecule has 8 nitrogen and oxygen atoms in total. The highest BCUT2D eigenvalue weighted by molar-refractivity contribution is 7.92. The summed E-state index contributed by atoms with van der Waals surface area (Å²) >= 11 is 0. The molecule has 0 bridgehead atoms. The molecule has 1 aromatic carbocycles. The normalized spacial score (nSPS) is 15.0. The van der Waals surface area contributed by atoms with E-state index in [2.05, 4.69) is 5.32 Å². The minimum absolute atomic E-state index is 0.200. The molecule has 0 spiro atoms. The van der Waals surface area contributed by atoms with Crippen molar-refractivity contribution in [3.8, 4) is 0 Å². The average Bonchev–Trinajstić information content (AvgIpc) is 2.79. The molecule has 1 aliphatic rings. The van der Waals surface area contributed by atoms with Gasteiger partial charge in [0.25, 0.3) is 15.6 Å². The molecule has 0 radical (unpaired) electrons. The quantitative estimate of drug-likeness (QED) is 0.779. The first kappa shape index (κ1) is 16.5. The Hall–Kier alpha value is -2.39. The van der Waals surface area contributed by atoms with Gasteiger partial charge in [-0.15, -0.1) is 0 Å². The maximum atomic E-state index is 13.1. The predicted molar refractivity (Wildman–Crippen MR) is 89.6 cm³/mol. The highest BCUT2D eigenvalue weighted by Gasteiger charge is 2.31. The van der Waals surface area contributed by atoms with Crippen LogP contribution in [0, 0.1) is 0 Å². The van der Waals surface area contributed by atoms with Crippen molar-refractivity contribution < 1.29 is 8.42 Å². The Bertz CT molecular complexity index is 1010. The first-order valence-electron chi connectivity index (χ1n) is 7.42. The lowest BCUT2D eigenvalue weighted by atomic mass is 10.2. The number of aromatic nitrogens is 2. The number of anilines is 1. The Morgan fingerprint density at radius 3 is 2.58 bits per heavy atom. The number of aryl methyl sites for hydroxylation is 1. The predicted octanol–water partition coefficient (Wildman–Crippen LogP) is -0.617. The van der Waals surface area contributed by atoms with Crippen LogP contribution in [0.2, 0.25) is 0 Å². The second-order valence-electron chi connectivity index (χ2n) is 5.63. The van der Waals surface area contributed by atoms with Crippen molar-refractivity contribution in [2.75, 3.05) is 17.4 Å². The summed E-state index contributed by atoms with van der Waals surface area (Å²) in [5.74, 6) is 0. The van der Waals surface area contributed by atoms with Crippen molar-refractivity contribution in [2.24, 2.45) is 14.1 Å². The van der Waals surface area contributed by atoms with Crippen molar-refractivity contribution in [1.82, 2.24) is 14.5 Å². The SMILES string of the molecule is Cn1cc(S(=O)(=O)N2CCNCc3ccccc32)c(=O)n(C)c1=O. The standard InChI is InChI=1S/C15H18N4O4S/c1-17-10-13(14(20)18(2)15(17)21)24(22,23)19-8-7-16-9-11-5-3-4-6-12(11)19/h3-6,10,16H,7-9H2,1-2H3. The lowest BCUT2D eigenvalue weighted by Gasteiger charge is -2.24. The van der Waals surface area contributed by atoms with Gasteiger partial charge in [0.05, 0.1) is 5.69 Å². The minimum Gasteiger partial charge on any atom is -0.311 e. The molecule has 0 unspecified atom stereocenters. The van der Waals surface area contributed by atoms with E-state index in [4.69, 9.17) is 0 Å². The summed E-state index contributed by atoms with van der Waals surface area (Å²) in [6.07, 6.45) is 1.08. The lowest BCUT2D eigenvalue weighted by Crippen LogP contribution is -2.43. The molecule has 0 saturated carbocycles. The summed E-state index contributed by atoms with van der Waals surface area (Å²) in [6, 6.07) is 7.15. The number of para-hydroxylation sites is 1. The molecule has 1 N–H and O–H groups in total. The minimum atomic E-state index is -4.09. The van der Waals surface area contributed by atoms with Crippen LogP contribution in [0.3, 0.4) is 0 Å². The fraction of sp³-hybridized carbons (Fsp3) is 0.333. The number of sulfonamides is 1. The van der Waals surface area contributed by atoms with Crippen molar-refractivity contribution in [3.05, 3.63) is 56.9 Å². The largest absolute Gasteiger partial charge is 0.330 e. The maximum absolute atomic E-state index is 13.1. The third-order valence-electron chi connectivity index (χ3n) is 4.05. The van der Waals surface area contributed by atoms with E-state index >= 15 is 0 Å². The summed E-state index contributed by atoms with van der Waals surface area (Å²) in [5.41, 5.74) is -0.0247. The second kappa shape index (κ2) is 5.91. The molecule has 0 atom stereocenters. The van der Waals surface area contributed by atoms with Gasteiger partial charge in [-0.2, -0.15) is 0 Å². The second-order valence-corrected chi connectivity index (χ2v) is 7.46. The van der Waals surface area contributed by atoms with Crippen molar-refractivity contribution in [1.29, 1.82) is 0 Å². The lowest BCUT2D eigenvalue weighted by molar-refractivity contribution is 0.578. The molecule has 0 saturated heterocycles. The van der Waals surface area contributed by atoms with Gasteiger partial charge in [-0.3, -0.25) is 13.7 Å². The van der Waals surface area contributed by atoms with E-state index in [-0.39, 0.29) is 6.54 Å². The van der Waals surface area contributed by atoms with E-state index in [0.29, 0.717) is 18.8 Å². The van der Waals surface area contributed by atoms with E-state index in [9.17, 15) is 18.0 Å². The van der Waals surface area contributed by atoms with Crippen LogP contribution >= 0.6 is 0 Å². The van der Waals surface area contributed by atoms with Gasteiger partial charge in [0.1, 0.15) is 0 Å². The monoisotopic (exact) mass is 350 g/mol. The van der Waals surface area contributed by atoms with Crippen LogP contribution < -0.4 is 20.9 Å². The zero-order valence-corrected chi connectivity index (χ0v) is 14.2. The van der Waals surface area contributed by atoms with Crippen LogP contribution in [0.1, 0.15) is 5.56 Å². The summed E-state index contributed by atoms with van der Waals surface area (Å²) in [5, 5.41) is 3.16. The smallest absolute Gasteiger partial charge is 0.311 e. The summed E-state index contributed by atoms with van der Waals surface area (Å²) < 4.78 is 29.3. The summed E-state index contributed by atoms with van der Waals surface area (Å²) in [4.78, 5) is 23.7. The Labute approximate surface area is 139 Å². The van der Waals surface area contributed by atoms with Crippen molar-refractivity contribution in [3.63, 3.8) is 0 Å². The van der Waals surface area contributed by atoms with Gasteiger partial charge in [0.2, 0.25) is 0 Å². The van der Waals surface area contributed by atoms with Crippen LogP contribution in [0.15, 0.2) is 44.9 Å². The zero-order chi connectivity index (χ0) is 17.5. The highest BCUT2D eigenvalue weighted by Crippen LogP contribution is 2.26. The third-order valence-corrected chi connectivity index (χ3v) is 5.85. The maximum Gasteiger partial charge on any atom is 0.330 e.